The van der Waals surface area contributed by atoms with Crippen LogP contribution in [0.25, 0.3) is 0 Å². The van der Waals surface area contributed by atoms with Gasteiger partial charge in [-0.1, -0.05) is 13.8 Å². The van der Waals surface area contributed by atoms with Gasteiger partial charge in [0, 0.05) is 37.6 Å². The summed E-state index contributed by atoms with van der Waals surface area (Å²) in [5.41, 5.74) is 0. The quantitative estimate of drug-likeness (QED) is 0.389. The van der Waals surface area contributed by atoms with Crippen molar-refractivity contribution in [3.63, 3.8) is 0 Å². The summed E-state index contributed by atoms with van der Waals surface area (Å²) in [6.45, 7) is 8.72. The largest absolute Gasteiger partial charge is 0.550 e. The fourth-order valence-electron chi connectivity index (χ4n) is 1.25. The van der Waals surface area contributed by atoms with Gasteiger partial charge in [0.2, 0.25) is 0 Å². The van der Waals surface area contributed by atoms with Gasteiger partial charge < -0.3 is 19.8 Å². The van der Waals surface area contributed by atoms with Crippen molar-refractivity contribution in [3.8, 4) is 0 Å². The third-order valence-corrected chi connectivity index (χ3v) is 2.36. The van der Waals surface area contributed by atoms with E-state index in [2.05, 4.69) is 30.5 Å². The third kappa shape index (κ3) is 32.6. The van der Waals surface area contributed by atoms with Crippen LogP contribution in [0.4, 0.5) is 0 Å². The maximum Gasteiger partial charge on any atom is 0.138 e. The van der Waals surface area contributed by atoms with Gasteiger partial charge in [-0.3, -0.25) is 9.59 Å². The molecule has 0 amide bonds. The fourth-order valence-corrected chi connectivity index (χ4v) is 1.63. The van der Waals surface area contributed by atoms with Crippen LogP contribution >= 0.6 is 0 Å². The summed E-state index contributed by atoms with van der Waals surface area (Å²) in [5.74, 6) is -2.42. The van der Waals surface area contributed by atoms with E-state index in [0.717, 1.165) is 6.61 Å². The van der Waals surface area contributed by atoms with Crippen molar-refractivity contribution in [1.82, 2.24) is 0 Å². The fraction of sp³-hybridized carbons (Fsp3) is 0.750. The summed E-state index contributed by atoms with van der Waals surface area (Å²) < 4.78 is 4.72. The summed E-state index contributed by atoms with van der Waals surface area (Å²) in [6.07, 6.45) is 1.21. The summed E-state index contributed by atoms with van der Waals surface area (Å²) in [6, 6.07) is 0. The topological polar surface area (TPSA) is 124 Å². The molecular formula is C16H27AlO7. The summed E-state index contributed by atoms with van der Waals surface area (Å²) in [4.78, 5) is 40.4. The second kappa shape index (κ2) is 19.8. The average Bonchev–Trinajstić information content (AvgIpc) is 2.38. The van der Waals surface area contributed by atoms with Gasteiger partial charge in [0.05, 0.1) is 0 Å². The molecule has 0 rings (SSSR count). The molecule has 0 aromatic carbocycles. The van der Waals surface area contributed by atoms with E-state index in [1.54, 1.807) is 0 Å². The Kier molecular flexibility index (Phi) is 22.8. The molecule has 24 heavy (non-hydrogen) atoms. The first-order valence-electron chi connectivity index (χ1n) is 7.85. The molecule has 136 valence electrons. The molecule has 0 aromatic heterocycles. The molecular weight excluding hydrogens is 331 g/mol. The third-order valence-electron chi connectivity index (χ3n) is 2.17. The van der Waals surface area contributed by atoms with Gasteiger partial charge in [-0.15, -0.1) is 0 Å². The van der Waals surface area contributed by atoms with Crippen LogP contribution in [-0.2, 0) is 23.0 Å². The molecule has 0 aliphatic carbocycles. The monoisotopic (exact) mass is 358 g/mol. The van der Waals surface area contributed by atoms with Crippen molar-refractivity contribution < 1.29 is 33.2 Å². The zero-order valence-electron chi connectivity index (χ0n) is 15.0. The molecule has 0 heterocycles. The van der Waals surface area contributed by atoms with Gasteiger partial charge in [-0.2, -0.15) is 0 Å². The minimum absolute atomic E-state index is 0.252. The molecule has 0 saturated carbocycles. The first kappa shape index (κ1) is 27.6. The van der Waals surface area contributed by atoms with Gasteiger partial charge in [-0.25, -0.2) is 0 Å². The molecule has 0 aliphatic rings. The van der Waals surface area contributed by atoms with Gasteiger partial charge >= 0.3 is 46.8 Å². The van der Waals surface area contributed by atoms with E-state index >= 15 is 0 Å². The number of carbonyl (C=O) groups excluding carboxylic acids is 4. The minimum atomic E-state index is -1.28. The number of carboxylic acid groups (broad SMARTS) is 2. The van der Waals surface area contributed by atoms with Crippen molar-refractivity contribution in [2.24, 2.45) is 5.92 Å². The maximum absolute atomic E-state index is 10.4. The Hall–Kier alpha value is -1.23. The second-order valence-electron chi connectivity index (χ2n) is 5.40. The molecule has 8 heteroatoms. The zero-order chi connectivity index (χ0) is 19.5. The standard InChI is InChI=1S/2C6H10O3.C4H9O.Al/c2*1-2-3-5(7)4-6(8)9;1-4(2)3-5;/h2*2-4H2,1H3,(H,8,9);4H,3H2,1-2H3;/q;;-1;+3/p-2. The Morgan fingerprint density at radius 3 is 1.33 bits per heavy atom. The van der Waals surface area contributed by atoms with Crippen LogP contribution < -0.4 is 10.2 Å². The van der Waals surface area contributed by atoms with Crippen LogP contribution in [0.5, 0.6) is 0 Å². The average molecular weight is 358 g/mol. The van der Waals surface area contributed by atoms with E-state index in [0.29, 0.717) is 31.6 Å². The molecule has 0 aliphatic heterocycles. The van der Waals surface area contributed by atoms with Crippen molar-refractivity contribution in [2.75, 3.05) is 6.61 Å². The van der Waals surface area contributed by atoms with E-state index in [9.17, 15) is 29.4 Å². The van der Waals surface area contributed by atoms with E-state index < -0.39 is 24.8 Å². The molecule has 0 spiro atoms. The van der Waals surface area contributed by atoms with Crippen molar-refractivity contribution in [1.29, 1.82) is 0 Å². The number of Topliss-reactive ketones (excluding diaryl/α,β-unsaturated/α-hetero) is 2. The normalized spacial score (nSPS) is 9.29. The van der Waals surface area contributed by atoms with Crippen LogP contribution in [0.2, 0.25) is 0 Å². The molecule has 0 atom stereocenters. The molecule has 0 unspecified atom stereocenters. The molecule has 0 fully saturated rings. The molecule has 0 saturated heterocycles. The van der Waals surface area contributed by atoms with Crippen molar-refractivity contribution in [3.05, 3.63) is 0 Å². The minimum Gasteiger partial charge on any atom is -0.550 e. The van der Waals surface area contributed by atoms with Gasteiger partial charge in [0.15, 0.2) is 0 Å². The van der Waals surface area contributed by atoms with Crippen LogP contribution in [0.15, 0.2) is 0 Å². The SMILES string of the molecule is CC(C)C[O][Al+2].CCCC(=O)CC(=O)[O-].CCCC(=O)CC(=O)[O-]. The number of carboxylic acids is 2. The first-order chi connectivity index (χ1) is 11.1. The van der Waals surface area contributed by atoms with Crippen LogP contribution in [0, 0.1) is 5.92 Å². The molecule has 0 bridgehead atoms. The molecule has 0 N–H and O–H groups in total. The summed E-state index contributed by atoms with van der Waals surface area (Å²) in [7, 11) is 0. The second-order valence-corrected chi connectivity index (χ2v) is 5.74. The Labute approximate surface area is 152 Å². The van der Waals surface area contributed by atoms with Crippen LogP contribution in [0.3, 0.4) is 0 Å². The summed E-state index contributed by atoms with van der Waals surface area (Å²) in [5, 5.41) is 19.5. The van der Waals surface area contributed by atoms with Crippen LogP contribution in [0.1, 0.15) is 66.2 Å². The van der Waals surface area contributed by atoms with Gasteiger partial charge in [0.25, 0.3) is 0 Å². The van der Waals surface area contributed by atoms with E-state index in [1.165, 1.54) is 0 Å². The predicted molar refractivity (Wildman–Crippen MR) is 85.6 cm³/mol. The van der Waals surface area contributed by atoms with Crippen LogP contribution in [-0.4, -0.2) is 46.7 Å². The Balaban J connectivity index is -0.000000282. The molecule has 7 nitrogen and oxygen atoms in total. The van der Waals surface area contributed by atoms with E-state index in [4.69, 9.17) is 3.79 Å². The Morgan fingerprint density at radius 1 is 0.875 bits per heavy atom. The predicted octanol–water partition coefficient (Wildman–Crippen LogP) is -0.266. The molecule has 0 aromatic rings. The van der Waals surface area contributed by atoms with E-state index in [-0.39, 0.29) is 11.6 Å². The van der Waals surface area contributed by atoms with Crippen molar-refractivity contribution >= 4 is 40.1 Å². The van der Waals surface area contributed by atoms with Gasteiger partial charge in [0.1, 0.15) is 11.6 Å². The number of ketones is 2. The summed E-state index contributed by atoms with van der Waals surface area (Å²) >= 11 is 2.22. The maximum atomic E-state index is 10.4. The van der Waals surface area contributed by atoms with Crippen molar-refractivity contribution in [2.45, 2.75) is 66.2 Å². The number of rotatable bonds is 10. The number of hydrogen-bond donors (Lipinski definition) is 0. The molecule has 0 radical (unpaired) electrons. The Bertz CT molecular complexity index is 337. The zero-order valence-corrected chi connectivity index (χ0v) is 16.1. The first-order valence-corrected chi connectivity index (χ1v) is 8.32. The Morgan fingerprint density at radius 2 is 1.21 bits per heavy atom. The smallest absolute Gasteiger partial charge is 0.138 e. The number of carbonyl (C=O) groups is 4. The number of aliphatic carboxylic acids is 2. The van der Waals surface area contributed by atoms with E-state index in [1.807, 2.05) is 13.8 Å². The van der Waals surface area contributed by atoms with Gasteiger partial charge in [-0.05, 0) is 12.8 Å². The number of hydrogen-bond acceptors (Lipinski definition) is 7.